The molecule has 0 atom stereocenters. The van der Waals surface area contributed by atoms with Crippen molar-refractivity contribution in [2.75, 3.05) is 73.7 Å². The quantitative estimate of drug-likeness (QED) is 0.659. The number of methoxy groups -OCH3 is 2. The van der Waals surface area contributed by atoms with Crippen LogP contribution in [0.3, 0.4) is 0 Å². The van der Waals surface area contributed by atoms with E-state index in [1.165, 1.54) is 0 Å². The number of hydrogen-bond acceptors (Lipinski definition) is 6. The van der Waals surface area contributed by atoms with Gasteiger partial charge in [0, 0.05) is 52.0 Å². The van der Waals surface area contributed by atoms with Crippen molar-refractivity contribution in [2.45, 2.75) is 25.3 Å². The molecule has 0 aromatic heterocycles. The van der Waals surface area contributed by atoms with Crippen LogP contribution in [0.15, 0.2) is 18.2 Å². The molecule has 3 rings (SSSR count). The first-order chi connectivity index (χ1) is 14.1. The molecular weight excluding hydrogens is 370 g/mol. The van der Waals surface area contributed by atoms with Gasteiger partial charge in [-0.05, 0) is 45.0 Å². The highest BCUT2D eigenvalue weighted by Crippen LogP contribution is 2.32. The van der Waals surface area contributed by atoms with Crippen molar-refractivity contribution in [3.8, 4) is 11.5 Å². The number of hydrogen-bond donors (Lipinski definition) is 0. The summed E-state index contributed by atoms with van der Waals surface area (Å²) >= 11 is 0. The second kappa shape index (κ2) is 10.8. The Morgan fingerprint density at radius 1 is 1.14 bits per heavy atom. The van der Waals surface area contributed by atoms with Gasteiger partial charge >= 0.3 is 0 Å². The first kappa shape index (κ1) is 21.9. The molecule has 0 aliphatic carbocycles. The number of carbonyl (C=O) groups is 1. The van der Waals surface area contributed by atoms with E-state index in [-0.39, 0.29) is 11.9 Å². The van der Waals surface area contributed by atoms with Crippen LogP contribution in [0.1, 0.15) is 29.6 Å². The normalized spacial score (nSPS) is 19.1. The summed E-state index contributed by atoms with van der Waals surface area (Å²) in [4.78, 5) is 20.4. The number of benzene rings is 1. The summed E-state index contributed by atoms with van der Waals surface area (Å²) in [6.45, 7) is 7.63. The second-order valence-electron chi connectivity index (χ2n) is 7.88. The number of ether oxygens (including phenoxy) is 3. The van der Waals surface area contributed by atoms with E-state index < -0.39 is 0 Å². The number of amides is 1. The van der Waals surface area contributed by atoms with Crippen molar-refractivity contribution in [3.63, 3.8) is 0 Å². The van der Waals surface area contributed by atoms with Crippen LogP contribution < -0.4 is 9.47 Å². The number of para-hydroxylation sites is 1. The van der Waals surface area contributed by atoms with Gasteiger partial charge in [-0.2, -0.15) is 0 Å². The lowest BCUT2D eigenvalue weighted by molar-refractivity contribution is 0.0274. The third-order valence-corrected chi connectivity index (χ3v) is 6.00. The predicted molar refractivity (Wildman–Crippen MR) is 113 cm³/mol. The minimum Gasteiger partial charge on any atom is -0.493 e. The molecule has 2 aliphatic heterocycles. The van der Waals surface area contributed by atoms with Gasteiger partial charge in [-0.25, -0.2) is 0 Å². The van der Waals surface area contributed by atoms with Crippen molar-refractivity contribution in [1.29, 1.82) is 0 Å². The molecule has 1 aromatic carbocycles. The number of likely N-dealkylation sites (N-methyl/N-ethyl adjacent to an activating group) is 1. The summed E-state index contributed by atoms with van der Waals surface area (Å²) in [6.07, 6.45) is 2.73. The van der Waals surface area contributed by atoms with E-state index in [1.807, 2.05) is 23.1 Å². The Kier molecular flexibility index (Phi) is 8.15. The Hall–Kier alpha value is -1.83. The van der Waals surface area contributed by atoms with Crippen LogP contribution in [0.2, 0.25) is 0 Å². The Balaban J connectivity index is 1.70. The van der Waals surface area contributed by atoms with E-state index in [4.69, 9.17) is 14.2 Å². The topological polar surface area (TPSA) is 54.5 Å². The Bertz CT molecular complexity index is 655. The molecule has 0 spiro atoms. The third-order valence-electron chi connectivity index (χ3n) is 6.00. The average molecular weight is 406 g/mol. The van der Waals surface area contributed by atoms with Crippen molar-refractivity contribution < 1.29 is 19.0 Å². The smallest absolute Gasteiger partial charge is 0.258 e. The van der Waals surface area contributed by atoms with Crippen LogP contribution in [0.5, 0.6) is 11.5 Å². The standard InChI is InChI=1S/C22H35N3O4/c1-23-12-14-24(15-13-23)10-5-11-25(18-8-16-29-17-9-18)22(26)19-6-4-7-20(27-2)21(19)28-3/h4,6-7,18H,5,8-17H2,1-3H3. The van der Waals surface area contributed by atoms with Gasteiger partial charge in [-0.1, -0.05) is 6.07 Å². The fraction of sp³-hybridized carbons (Fsp3) is 0.682. The monoisotopic (exact) mass is 405 g/mol. The van der Waals surface area contributed by atoms with Gasteiger partial charge in [-0.15, -0.1) is 0 Å². The van der Waals surface area contributed by atoms with E-state index in [0.717, 1.165) is 58.5 Å². The summed E-state index contributed by atoms with van der Waals surface area (Å²) in [5, 5.41) is 0. The van der Waals surface area contributed by atoms with Gasteiger partial charge in [0.15, 0.2) is 11.5 Å². The molecular formula is C22H35N3O4. The molecule has 1 amide bonds. The van der Waals surface area contributed by atoms with Crippen LogP contribution in [0.4, 0.5) is 0 Å². The third kappa shape index (κ3) is 5.62. The van der Waals surface area contributed by atoms with E-state index in [0.29, 0.717) is 30.3 Å². The first-order valence-electron chi connectivity index (χ1n) is 10.6. The van der Waals surface area contributed by atoms with Crippen LogP contribution >= 0.6 is 0 Å². The molecule has 162 valence electrons. The van der Waals surface area contributed by atoms with E-state index in [2.05, 4.69) is 16.8 Å². The lowest BCUT2D eigenvalue weighted by atomic mass is 10.0. The van der Waals surface area contributed by atoms with Gasteiger partial charge in [-0.3, -0.25) is 4.79 Å². The van der Waals surface area contributed by atoms with Crippen molar-refractivity contribution in [3.05, 3.63) is 23.8 Å². The minimum absolute atomic E-state index is 0.0195. The number of piperazine rings is 1. The van der Waals surface area contributed by atoms with Crippen molar-refractivity contribution >= 4 is 5.91 Å². The molecule has 2 saturated heterocycles. The highest BCUT2D eigenvalue weighted by atomic mass is 16.5. The Morgan fingerprint density at radius 3 is 2.52 bits per heavy atom. The molecule has 2 fully saturated rings. The molecule has 2 heterocycles. The molecule has 0 radical (unpaired) electrons. The highest BCUT2D eigenvalue weighted by Gasteiger charge is 2.29. The van der Waals surface area contributed by atoms with Crippen LogP contribution in [-0.4, -0.2) is 100 Å². The van der Waals surface area contributed by atoms with Gasteiger partial charge in [0.2, 0.25) is 0 Å². The summed E-state index contributed by atoms with van der Waals surface area (Å²) in [6, 6.07) is 5.71. The van der Waals surface area contributed by atoms with Gasteiger partial charge in [0.05, 0.1) is 19.8 Å². The van der Waals surface area contributed by atoms with Gasteiger partial charge < -0.3 is 28.9 Å². The second-order valence-corrected chi connectivity index (χ2v) is 7.88. The van der Waals surface area contributed by atoms with Crippen molar-refractivity contribution in [2.24, 2.45) is 0 Å². The summed E-state index contributed by atoms with van der Waals surface area (Å²) in [5.74, 6) is 1.12. The maximum Gasteiger partial charge on any atom is 0.258 e. The highest BCUT2D eigenvalue weighted by molar-refractivity contribution is 5.98. The number of nitrogens with zero attached hydrogens (tertiary/aromatic N) is 3. The molecule has 1 aromatic rings. The van der Waals surface area contributed by atoms with Crippen LogP contribution in [0.25, 0.3) is 0 Å². The van der Waals surface area contributed by atoms with E-state index in [9.17, 15) is 4.79 Å². The zero-order valence-corrected chi connectivity index (χ0v) is 18.1. The zero-order valence-electron chi connectivity index (χ0n) is 18.1. The van der Waals surface area contributed by atoms with Gasteiger partial charge in [0.1, 0.15) is 0 Å². The van der Waals surface area contributed by atoms with Crippen molar-refractivity contribution in [1.82, 2.24) is 14.7 Å². The van der Waals surface area contributed by atoms with Gasteiger partial charge in [0.25, 0.3) is 5.91 Å². The zero-order chi connectivity index (χ0) is 20.6. The lowest BCUT2D eigenvalue weighted by Crippen LogP contribution is -2.47. The SMILES string of the molecule is COc1cccc(C(=O)N(CCCN2CCN(C)CC2)C2CCOCC2)c1OC. The fourth-order valence-corrected chi connectivity index (χ4v) is 4.19. The van der Waals surface area contributed by atoms with E-state index >= 15 is 0 Å². The molecule has 7 heteroatoms. The summed E-state index contributed by atoms with van der Waals surface area (Å²) in [5.41, 5.74) is 0.568. The average Bonchev–Trinajstić information content (AvgIpc) is 2.77. The Labute approximate surface area is 174 Å². The molecule has 29 heavy (non-hydrogen) atoms. The van der Waals surface area contributed by atoms with Crippen LogP contribution in [0, 0.1) is 0 Å². The largest absolute Gasteiger partial charge is 0.493 e. The molecule has 0 N–H and O–H groups in total. The maximum absolute atomic E-state index is 13.5. The lowest BCUT2D eigenvalue weighted by Gasteiger charge is -2.36. The predicted octanol–water partition coefficient (Wildman–Crippen LogP) is 1.96. The summed E-state index contributed by atoms with van der Waals surface area (Å²) < 4.78 is 16.5. The minimum atomic E-state index is 0.0195. The molecule has 0 unspecified atom stereocenters. The molecule has 0 bridgehead atoms. The summed E-state index contributed by atoms with van der Waals surface area (Å²) in [7, 11) is 5.35. The molecule has 7 nitrogen and oxygen atoms in total. The molecule has 0 saturated carbocycles. The van der Waals surface area contributed by atoms with Crippen LogP contribution in [-0.2, 0) is 4.74 Å². The number of carbonyl (C=O) groups excluding carboxylic acids is 1. The first-order valence-corrected chi connectivity index (χ1v) is 10.6. The van der Waals surface area contributed by atoms with E-state index in [1.54, 1.807) is 14.2 Å². The maximum atomic E-state index is 13.5. The Morgan fingerprint density at radius 2 is 1.86 bits per heavy atom. The number of rotatable bonds is 8. The molecule has 2 aliphatic rings. The fourth-order valence-electron chi connectivity index (χ4n) is 4.19.